The number of amides is 7. The van der Waals surface area contributed by atoms with Crippen LogP contribution in [0.4, 0.5) is 11.4 Å². The highest BCUT2D eigenvalue weighted by Gasteiger charge is 2.46. The second kappa shape index (κ2) is 23.1. The number of carbonyl (C=O) groups is 7. The summed E-state index contributed by atoms with van der Waals surface area (Å²) < 4.78 is 0. The molecule has 7 rings (SSSR count). The van der Waals surface area contributed by atoms with Gasteiger partial charge in [-0.2, -0.15) is 0 Å². The average Bonchev–Trinajstić information content (AvgIpc) is 4.05. The van der Waals surface area contributed by atoms with Crippen molar-refractivity contribution in [2.24, 2.45) is 16.9 Å². The molecule has 0 spiro atoms. The molecule has 9 N–H and O–H groups in total. The number of aliphatic hydroxyl groups is 1. The van der Waals surface area contributed by atoms with Gasteiger partial charge in [-0.15, -0.1) is 11.3 Å². The van der Waals surface area contributed by atoms with Gasteiger partial charge in [0, 0.05) is 32.2 Å². The number of aromatic nitrogens is 1. The van der Waals surface area contributed by atoms with Crippen molar-refractivity contribution in [2.45, 2.75) is 148 Å². The first kappa shape index (κ1) is 53.6. The van der Waals surface area contributed by atoms with Crippen molar-refractivity contribution in [1.29, 1.82) is 0 Å². The quantitative estimate of drug-likeness (QED) is 0.0607. The van der Waals surface area contributed by atoms with E-state index in [2.05, 4.69) is 26.3 Å². The maximum Gasteiger partial charge on any atom is 0.247 e. The molecule has 3 aromatic carbocycles. The molecular formula is C53H66ClN9O8S. The fourth-order valence-corrected chi connectivity index (χ4v) is 10.9. The van der Waals surface area contributed by atoms with E-state index in [-0.39, 0.29) is 62.4 Å². The summed E-state index contributed by atoms with van der Waals surface area (Å²) in [7, 11) is 0. The van der Waals surface area contributed by atoms with Crippen LogP contribution in [0.15, 0.2) is 66.2 Å². The number of nitrogens with two attached hydrogens (primary N) is 2. The van der Waals surface area contributed by atoms with E-state index < -0.39 is 65.4 Å². The molecule has 0 saturated carbocycles. The molecule has 72 heavy (non-hydrogen) atoms. The molecule has 0 aliphatic carbocycles. The normalized spacial score (nSPS) is 19.7. The van der Waals surface area contributed by atoms with Crippen LogP contribution < -0.4 is 37.6 Å². The first-order valence-corrected chi connectivity index (χ1v) is 25.9. The van der Waals surface area contributed by atoms with Crippen molar-refractivity contribution >= 4 is 75.7 Å². The number of aliphatic hydroxyl groups excluding tert-OH is 1. The van der Waals surface area contributed by atoms with Gasteiger partial charge in [-0.1, -0.05) is 93.4 Å². The highest BCUT2D eigenvalue weighted by molar-refractivity contribution is 7.13. The summed E-state index contributed by atoms with van der Waals surface area (Å²) in [4.78, 5) is 103. The van der Waals surface area contributed by atoms with E-state index in [0.717, 1.165) is 38.4 Å². The number of para-hydroxylation sites is 1. The first-order valence-electron chi connectivity index (χ1n) is 24.7. The molecule has 0 bridgehead atoms. The van der Waals surface area contributed by atoms with Crippen LogP contribution in [0.1, 0.15) is 113 Å². The maximum absolute atomic E-state index is 14.2. The Hall–Kier alpha value is -6.21. The topological polar surface area (TPSA) is 259 Å². The summed E-state index contributed by atoms with van der Waals surface area (Å²) in [6, 6.07) is 13.6. The number of primary amides is 1. The number of nitrogens with one attached hydrogen (secondary N) is 4. The zero-order valence-corrected chi connectivity index (χ0v) is 43.0. The van der Waals surface area contributed by atoms with Crippen LogP contribution in [-0.4, -0.2) is 99.2 Å². The zero-order valence-electron chi connectivity index (χ0n) is 41.5. The van der Waals surface area contributed by atoms with Crippen molar-refractivity contribution in [1.82, 2.24) is 25.8 Å². The number of hydrogen-bond acceptors (Lipinski definition) is 11. The second-order valence-corrected chi connectivity index (χ2v) is 21.5. The standard InChI is InChI=1S/C53H66ClN9O8S/c1-29(31-17-19-34(20-18-31)46-30(2)57-28-72-46)58-49(68)40-26-36(64)27-62(40)52(71)47(53(3,4)5)61-43(66)16-8-6-7-11-32-12-10-15-38(44(32)54)59-48(67)39(23-24-42(56)65)60-50(69)41-25-35-14-9-13-33-21-22-37(55)51(70)63(41)45(33)35/h9-10,12-15,17-20,28-29,36-37,39-41,47,64H,6-8,11,16,21-27,55H2,1-5H3,(H2,56,65)(H,58,68)(H,59,67)(H,60,69)(H,61,66)/t29-,36+,37-,39-,40-,41-,47+/m0/s1. The van der Waals surface area contributed by atoms with Gasteiger partial charge in [-0.25, -0.2) is 4.98 Å². The lowest BCUT2D eigenvalue weighted by Gasteiger charge is -2.35. The van der Waals surface area contributed by atoms with Crippen molar-refractivity contribution in [3.63, 3.8) is 0 Å². The number of thiazole rings is 1. The van der Waals surface area contributed by atoms with Gasteiger partial charge in [0.2, 0.25) is 41.4 Å². The molecule has 19 heteroatoms. The van der Waals surface area contributed by atoms with E-state index in [4.69, 9.17) is 23.1 Å². The second-order valence-electron chi connectivity index (χ2n) is 20.3. The van der Waals surface area contributed by atoms with Crippen LogP contribution in [0.2, 0.25) is 5.02 Å². The number of carbonyl (C=O) groups excluding carboxylic acids is 7. The van der Waals surface area contributed by atoms with Gasteiger partial charge in [-0.3, -0.25) is 38.5 Å². The molecule has 1 fully saturated rings. The molecule has 4 aromatic rings. The number of unbranched alkanes of at least 4 members (excludes halogenated alkanes) is 2. The number of benzene rings is 3. The summed E-state index contributed by atoms with van der Waals surface area (Å²) >= 11 is 8.40. The molecule has 0 unspecified atom stereocenters. The van der Waals surface area contributed by atoms with E-state index in [0.29, 0.717) is 54.9 Å². The predicted molar refractivity (Wildman–Crippen MR) is 277 cm³/mol. The van der Waals surface area contributed by atoms with Gasteiger partial charge in [0.1, 0.15) is 24.2 Å². The summed E-state index contributed by atoms with van der Waals surface area (Å²) in [6.45, 7) is 9.31. The largest absolute Gasteiger partial charge is 0.391 e. The van der Waals surface area contributed by atoms with E-state index in [9.17, 15) is 38.7 Å². The number of likely N-dealkylation sites (tertiary alicyclic amines) is 1. The highest BCUT2D eigenvalue weighted by atomic mass is 35.5. The molecule has 1 aromatic heterocycles. The predicted octanol–water partition coefficient (Wildman–Crippen LogP) is 5.17. The van der Waals surface area contributed by atoms with E-state index in [1.54, 1.807) is 29.0 Å². The Balaban J connectivity index is 0.902. The average molecular weight is 1020 g/mol. The molecule has 7 atom stereocenters. The minimum absolute atomic E-state index is 0.0365. The Morgan fingerprint density at radius 1 is 0.917 bits per heavy atom. The fraction of sp³-hybridized carbons (Fsp3) is 0.472. The Labute approximate surface area is 429 Å². The van der Waals surface area contributed by atoms with Crippen LogP contribution >= 0.6 is 22.9 Å². The van der Waals surface area contributed by atoms with Crippen LogP contribution in [-0.2, 0) is 52.8 Å². The molecule has 3 aliphatic heterocycles. The molecular weight excluding hydrogens is 958 g/mol. The van der Waals surface area contributed by atoms with Gasteiger partial charge in [0.25, 0.3) is 0 Å². The summed E-state index contributed by atoms with van der Waals surface area (Å²) in [5, 5.41) is 22.5. The molecule has 4 heterocycles. The van der Waals surface area contributed by atoms with Crippen molar-refractivity contribution in [2.75, 3.05) is 16.8 Å². The van der Waals surface area contributed by atoms with E-state index in [1.807, 2.05) is 83.1 Å². The van der Waals surface area contributed by atoms with Crippen molar-refractivity contribution in [3.05, 3.63) is 99.1 Å². The molecule has 3 aliphatic rings. The van der Waals surface area contributed by atoms with Gasteiger partial charge in [0.05, 0.1) is 50.7 Å². The number of halogens is 1. The molecule has 384 valence electrons. The van der Waals surface area contributed by atoms with Gasteiger partial charge in [-0.05, 0) is 91.7 Å². The Morgan fingerprint density at radius 2 is 1.62 bits per heavy atom. The summed E-state index contributed by atoms with van der Waals surface area (Å²) in [5.74, 6) is -3.35. The van der Waals surface area contributed by atoms with Crippen LogP contribution in [0.25, 0.3) is 10.4 Å². The van der Waals surface area contributed by atoms with Crippen LogP contribution in [0.5, 0.6) is 0 Å². The van der Waals surface area contributed by atoms with Crippen LogP contribution in [0, 0.1) is 12.3 Å². The number of hydrogen-bond donors (Lipinski definition) is 7. The third-order valence-corrected chi connectivity index (χ3v) is 15.2. The molecule has 0 radical (unpaired) electrons. The maximum atomic E-state index is 14.2. The molecule has 7 amide bonds. The number of aryl methyl sites for hydroxylation is 3. The van der Waals surface area contributed by atoms with Crippen molar-refractivity contribution < 1.29 is 38.7 Å². The third kappa shape index (κ3) is 12.5. The van der Waals surface area contributed by atoms with E-state index in [1.165, 1.54) is 9.80 Å². The number of anilines is 2. The van der Waals surface area contributed by atoms with Gasteiger partial charge in [0.15, 0.2) is 0 Å². The number of rotatable bonds is 19. The summed E-state index contributed by atoms with van der Waals surface area (Å²) in [5.41, 5.74) is 19.1. The van der Waals surface area contributed by atoms with Crippen molar-refractivity contribution in [3.8, 4) is 10.4 Å². The molecule has 1 saturated heterocycles. The highest BCUT2D eigenvalue weighted by Crippen LogP contribution is 2.39. The minimum atomic E-state index is -1.19. The lowest BCUT2D eigenvalue weighted by Crippen LogP contribution is -2.57. The minimum Gasteiger partial charge on any atom is -0.391 e. The monoisotopic (exact) mass is 1020 g/mol. The zero-order chi connectivity index (χ0) is 52.0. The number of nitrogens with zero attached hydrogens (tertiary/aromatic N) is 3. The Kier molecular flexibility index (Phi) is 17.2. The lowest BCUT2D eigenvalue weighted by atomic mass is 9.85. The van der Waals surface area contributed by atoms with E-state index >= 15 is 0 Å². The smallest absolute Gasteiger partial charge is 0.247 e. The number of β-amino-alcohol motifs (C(OH)–C–C–N with tert-alkyl or cyclic N) is 1. The summed E-state index contributed by atoms with van der Waals surface area (Å²) in [6.07, 6.45) is 2.60. The SMILES string of the molecule is Cc1ncsc1-c1ccc([C@H](C)NC(=O)[C@@H]2C[C@@H](O)CN2C(=O)[C@@H](NC(=O)CCCCCc2cccc(NC(=O)[C@H](CCC(N)=O)NC(=O)[C@@H]3Cc4cccc5c4N3C(=O)[C@@H](N)CC5)c2Cl)C(C)(C)C)cc1. The van der Waals surface area contributed by atoms with Crippen LogP contribution in [0.3, 0.4) is 0 Å². The molecule has 17 nitrogen and oxygen atoms in total. The Bertz CT molecular complexity index is 2690. The lowest BCUT2D eigenvalue weighted by molar-refractivity contribution is -0.144. The fourth-order valence-electron chi connectivity index (χ4n) is 9.80. The first-order chi connectivity index (χ1) is 34.2. The third-order valence-electron chi connectivity index (χ3n) is 13.8. The Morgan fingerprint density at radius 3 is 2.32 bits per heavy atom. The van der Waals surface area contributed by atoms with Gasteiger partial charge < -0.3 is 42.7 Å². The van der Waals surface area contributed by atoms with Gasteiger partial charge >= 0.3 is 0 Å².